The van der Waals surface area contributed by atoms with Crippen LogP contribution in [0.4, 0.5) is 10.1 Å². The van der Waals surface area contributed by atoms with Crippen LogP contribution in [0.5, 0.6) is 0 Å². The molecular weight excluding hydrogens is 293 g/mol. The molecule has 0 bridgehead atoms. The van der Waals surface area contributed by atoms with Gasteiger partial charge in [0, 0.05) is 12.1 Å². The lowest BCUT2D eigenvalue weighted by atomic mass is 10.0. The van der Waals surface area contributed by atoms with Crippen LogP contribution < -0.4 is 10.5 Å². The fraction of sp³-hybridized carbons (Fsp3) is 0.571. The zero-order valence-electron chi connectivity index (χ0n) is 12.6. The van der Waals surface area contributed by atoms with Crippen molar-refractivity contribution in [2.75, 3.05) is 19.3 Å². The second kappa shape index (κ2) is 5.90. The SMILES string of the molecule is Cc1cc(F)c(N)cc1S(=O)(=O)NC1CCN(C)C(C)C1. The van der Waals surface area contributed by atoms with E-state index in [1.807, 2.05) is 7.05 Å². The molecule has 0 amide bonds. The number of piperidine rings is 1. The summed E-state index contributed by atoms with van der Waals surface area (Å²) in [5, 5.41) is 0. The summed E-state index contributed by atoms with van der Waals surface area (Å²) < 4.78 is 41.0. The van der Waals surface area contributed by atoms with E-state index in [9.17, 15) is 12.8 Å². The molecule has 0 spiro atoms. The van der Waals surface area contributed by atoms with Gasteiger partial charge in [-0.25, -0.2) is 17.5 Å². The minimum Gasteiger partial charge on any atom is -0.396 e. The molecule has 1 aliphatic rings. The summed E-state index contributed by atoms with van der Waals surface area (Å²) in [5.74, 6) is -0.598. The number of aryl methyl sites for hydroxylation is 1. The van der Waals surface area contributed by atoms with Crippen molar-refractivity contribution in [1.29, 1.82) is 0 Å². The Hall–Kier alpha value is -1.18. The first kappa shape index (κ1) is 16.2. The van der Waals surface area contributed by atoms with Crippen LogP contribution in [0.2, 0.25) is 0 Å². The third-order valence-electron chi connectivity index (χ3n) is 4.11. The zero-order valence-corrected chi connectivity index (χ0v) is 13.4. The fourth-order valence-electron chi connectivity index (χ4n) is 2.64. The van der Waals surface area contributed by atoms with Crippen molar-refractivity contribution < 1.29 is 12.8 Å². The van der Waals surface area contributed by atoms with Gasteiger partial charge in [0.15, 0.2) is 0 Å². The third-order valence-corrected chi connectivity index (χ3v) is 5.78. The molecule has 1 heterocycles. The Morgan fingerprint density at radius 1 is 1.43 bits per heavy atom. The van der Waals surface area contributed by atoms with Crippen LogP contribution in [0.3, 0.4) is 0 Å². The highest BCUT2D eigenvalue weighted by atomic mass is 32.2. The van der Waals surface area contributed by atoms with Crippen molar-refractivity contribution in [3.63, 3.8) is 0 Å². The van der Waals surface area contributed by atoms with Crippen molar-refractivity contribution in [3.05, 3.63) is 23.5 Å². The van der Waals surface area contributed by atoms with Gasteiger partial charge in [0.2, 0.25) is 10.0 Å². The van der Waals surface area contributed by atoms with Crippen LogP contribution in [0, 0.1) is 12.7 Å². The summed E-state index contributed by atoms with van der Waals surface area (Å²) >= 11 is 0. The number of nitrogen functional groups attached to an aromatic ring is 1. The summed E-state index contributed by atoms with van der Waals surface area (Å²) in [5.41, 5.74) is 5.69. The first-order valence-electron chi connectivity index (χ1n) is 6.99. The number of hydrogen-bond donors (Lipinski definition) is 2. The van der Waals surface area contributed by atoms with Gasteiger partial charge in [-0.15, -0.1) is 0 Å². The molecule has 7 heteroatoms. The quantitative estimate of drug-likeness (QED) is 0.829. The topological polar surface area (TPSA) is 75.4 Å². The first-order chi connectivity index (χ1) is 9.70. The number of nitrogens with two attached hydrogens (primary N) is 1. The maximum atomic E-state index is 13.4. The van der Waals surface area contributed by atoms with E-state index in [4.69, 9.17) is 5.73 Å². The van der Waals surface area contributed by atoms with E-state index in [2.05, 4.69) is 16.5 Å². The van der Waals surface area contributed by atoms with Gasteiger partial charge >= 0.3 is 0 Å². The molecule has 1 aliphatic heterocycles. The lowest BCUT2D eigenvalue weighted by Crippen LogP contribution is -2.47. The second-order valence-electron chi connectivity index (χ2n) is 5.81. The van der Waals surface area contributed by atoms with Crippen molar-refractivity contribution in [2.24, 2.45) is 0 Å². The third kappa shape index (κ3) is 3.53. The molecule has 3 N–H and O–H groups in total. The van der Waals surface area contributed by atoms with Gasteiger partial charge < -0.3 is 10.6 Å². The molecule has 5 nitrogen and oxygen atoms in total. The van der Waals surface area contributed by atoms with E-state index in [0.717, 1.165) is 25.5 Å². The van der Waals surface area contributed by atoms with E-state index < -0.39 is 15.8 Å². The Morgan fingerprint density at radius 3 is 2.71 bits per heavy atom. The average Bonchev–Trinajstić information content (AvgIpc) is 2.37. The second-order valence-corrected chi connectivity index (χ2v) is 7.49. The molecule has 0 saturated carbocycles. The number of nitrogens with one attached hydrogen (secondary N) is 1. The molecule has 0 aliphatic carbocycles. The van der Waals surface area contributed by atoms with Crippen molar-refractivity contribution >= 4 is 15.7 Å². The van der Waals surface area contributed by atoms with Crippen LogP contribution in [0.25, 0.3) is 0 Å². The number of benzene rings is 1. The van der Waals surface area contributed by atoms with Crippen LogP contribution in [0.15, 0.2) is 17.0 Å². The number of likely N-dealkylation sites (tertiary alicyclic amines) is 1. The Balaban J connectivity index is 2.21. The number of nitrogens with zero attached hydrogens (tertiary/aromatic N) is 1. The molecule has 0 aromatic heterocycles. The highest BCUT2D eigenvalue weighted by Gasteiger charge is 2.28. The predicted octanol–water partition coefficient (Wildman–Crippen LogP) is 1.48. The molecule has 1 aromatic carbocycles. The van der Waals surface area contributed by atoms with Crippen LogP contribution in [0.1, 0.15) is 25.3 Å². The molecule has 2 rings (SSSR count). The Morgan fingerprint density at radius 2 is 2.10 bits per heavy atom. The molecule has 118 valence electrons. The number of hydrogen-bond acceptors (Lipinski definition) is 4. The lowest BCUT2D eigenvalue weighted by Gasteiger charge is -2.35. The monoisotopic (exact) mass is 315 g/mol. The highest BCUT2D eigenvalue weighted by Crippen LogP contribution is 2.23. The van der Waals surface area contributed by atoms with E-state index in [1.54, 1.807) is 6.92 Å². The van der Waals surface area contributed by atoms with Gasteiger partial charge in [0.25, 0.3) is 0 Å². The van der Waals surface area contributed by atoms with Crippen LogP contribution in [-0.4, -0.2) is 39.0 Å². The van der Waals surface area contributed by atoms with E-state index >= 15 is 0 Å². The summed E-state index contributed by atoms with van der Waals surface area (Å²) in [6.45, 7) is 4.48. The average molecular weight is 315 g/mol. The van der Waals surface area contributed by atoms with Gasteiger partial charge in [0.1, 0.15) is 5.82 Å². The number of sulfonamides is 1. The largest absolute Gasteiger partial charge is 0.396 e. The van der Waals surface area contributed by atoms with E-state index in [1.165, 1.54) is 6.07 Å². The summed E-state index contributed by atoms with van der Waals surface area (Å²) in [7, 11) is -1.66. The first-order valence-corrected chi connectivity index (χ1v) is 8.47. The van der Waals surface area contributed by atoms with Crippen molar-refractivity contribution in [3.8, 4) is 0 Å². The smallest absolute Gasteiger partial charge is 0.241 e. The van der Waals surface area contributed by atoms with E-state index in [0.29, 0.717) is 11.6 Å². The molecular formula is C14H22FN3O2S. The predicted molar refractivity (Wildman–Crippen MR) is 81.0 cm³/mol. The lowest BCUT2D eigenvalue weighted by molar-refractivity contribution is 0.178. The fourth-order valence-corrected chi connectivity index (χ4v) is 4.18. The molecule has 2 unspecified atom stereocenters. The summed E-state index contributed by atoms with van der Waals surface area (Å²) in [4.78, 5) is 2.25. The minimum absolute atomic E-state index is 0.0491. The van der Waals surface area contributed by atoms with E-state index in [-0.39, 0.29) is 16.6 Å². The molecule has 0 radical (unpaired) electrons. The van der Waals surface area contributed by atoms with Crippen molar-refractivity contribution in [2.45, 2.75) is 43.7 Å². The van der Waals surface area contributed by atoms with Gasteiger partial charge in [0.05, 0.1) is 10.6 Å². The number of anilines is 1. The normalized spacial score (nSPS) is 24.2. The number of rotatable bonds is 3. The van der Waals surface area contributed by atoms with Gasteiger partial charge in [-0.2, -0.15) is 0 Å². The maximum Gasteiger partial charge on any atom is 0.241 e. The summed E-state index contributed by atoms with van der Waals surface area (Å²) in [6.07, 6.45) is 1.52. The zero-order chi connectivity index (χ0) is 15.8. The van der Waals surface area contributed by atoms with Crippen LogP contribution >= 0.6 is 0 Å². The van der Waals surface area contributed by atoms with Gasteiger partial charge in [-0.05, 0) is 58.0 Å². The molecule has 1 fully saturated rings. The Labute approximate surface area is 125 Å². The van der Waals surface area contributed by atoms with Crippen molar-refractivity contribution in [1.82, 2.24) is 9.62 Å². The Kier molecular flexibility index (Phi) is 4.55. The highest BCUT2D eigenvalue weighted by molar-refractivity contribution is 7.89. The molecule has 1 aromatic rings. The standard InChI is InChI=1S/C14H22FN3O2S/c1-9-6-12(15)13(16)8-14(9)21(19,20)17-11-4-5-18(3)10(2)7-11/h6,8,10-11,17H,4-5,7,16H2,1-3H3. The van der Waals surface area contributed by atoms with Gasteiger partial charge in [-0.3, -0.25) is 0 Å². The summed E-state index contributed by atoms with van der Waals surface area (Å²) in [6, 6.07) is 2.56. The molecule has 2 atom stereocenters. The maximum absolute atomic E-state index is 13.4. The van der Waals surface area contributed by atoms with Gasteiger partial charge in [-0.1, -0.05) is 0 Å². The molecule has 1 saturated heterocycles. The Bertz CT molecular complexity index is 633. The van der Waals surface area contributed by atoms with Crippen LogP contribution in [-0.2, 0) is 10.0 Å². The molecule has 21 heavy (non-hydrogen) atoms. The number of halogens is 1. The minimum atomic E-state index is -3.69.